The van der Waals surface area contributed by atoms with Crippen LogP contribution in [0.1, 0.15) is 39.0 Å². The maximum atomic E-state index is 12.0. The second-order valence-electron chi connectivity index (χ2n) is 5.80. The van der Waals surface area contributed by atoms with Crippen LogP contribution in [0.25, 0.3) is 0 Å². The second-order valence-corrected chi connectivity index (χ2v) is 5.80. The van der Waals surface area contributed by atoms with E-state index >= 15 is 0 Å². The number of hydrogen-bond donors (Lipinski definition) is 2. The molecular formula is C15H27N3O4. The number of imide groups is 1. The predicted octanol–water partition coefficient (Wildman–Crippen LogP) is 0.840. The molecule has 0 saturated carbocycles. The van der Waals surface area contributed by atoms with Crippen LogP contribution in [0.3, 0.4) is 0 Å². The molecule has 0 aromatic carbocycles. The molecule has 2 heterocycles. The van der Waals surface area contributed by atoms with Gasteiger partial charge in [-0.25, -0.2) is 4.79 Å². The number of urea groups is 1. The summed E-state index contributed by atoms with van der Waals surface area (Å²) >= 11 is 0. The molecule has 1 unspecified atom stereocenters. The Morgan fingerprint density at radius 1 is 1.23 bits per heavy atom. The summed E-state index contributed by atoms with van der Waals surface area (Å²) in [5, 5.41) is 5.06. The molecule has 0 aliphatic carbocycles. The van der Waals surface area contributed by atoms with Crippen LogP contribution in [0, 0.1) is 0 Å². The van der Waals surface area contributed by atoms with E-state index in [4.69, 9.17) is 9.47 Å². The SMILES string of the molecule is CCCCNC(=O)NC(=O)CN1CCCCC1C1OCCO1. The summed E-state index contributed by atoms with van der Waals surface area (Å²) < 4.78 is 11.2. The fourth-order valence-electron chi connectivity index (χ4n) is 2.89. The standard InChI is InChI=1S/C15H27N3O4/c1-2-3-7-16-15(20)17-13(19)11-18-8-5-4-6-12(18)14-21-9-10-22-14/h12,14H,2-11H2,1H3,(H2,16,17,19,20). The van der Waals surface area contributed by atoms with Crippen molar-refractivity contribution in [3.63, 3.8) is 0 Å². The van der Waals surface area contributed by atoms with Crippen molar-refractivity contribution in [3.8, 4) is 0 Å². The number of amides is 3. The number of ether oxygens (including phenoxy) is 2. The molecular weight excluding hydrogens is 286 g/mol. The minimum absolute atomic E-state index is 0.102. The van der Waals surface area contributed by atoms with E-state index in [2.05, 4.69) is 15.5 Å². The molecule has 22 heavy (non-hydrogen) atoms. The summed E-state index contributed by atoms with van der Waals surface area (Å²) in [6, 6.07) is -0.314. The van der Waals surface area contributed by atoms with Gasteiger partial charge in [0.2, 0.25) is 5.91 Å². The molecule has 3 amide bonds. The zero-order valence-corrected chi connectivity index (χ0v) is 13.3. The van der Waals surface area contributed by atoms with Crippen LogP contribution < -0.4 is 10.6 Å². The predicted molar refractivity (Wildman–Crippen MR) is 81.4 cm³/mol. The van der Waals surface area contributed by atoms with E-state index in [1.807, 2.05) is 6.92 Å². The first-order valence-corrected chi connectivity index (χ1v) is 8.25. The number of rotatable bonds is 6. The van der Waals surface area contributed by atoms with Crippen molar-refractivity contribution in [1.29, 1.82) is 0 Å². The third kappa shape index (κ3) is 5.23. The lowest BCUT2D eigenvalue weighted by Gasteiger charge is -2.37. The third-order valence-electron chi connectivity index (χ3n) is 4.04. The highest BCUT2D eigenvalue weighted by Crippen LogP contribution is 2.23. The highest BCUT2D eigenvalue weighted by Gasteiger charge is 2.34. The molecule has 2 saturated heterocycles. The summed E-state index contributed by atoms with van der Waals surface area (Å²) in [5.74, 6) is -0.279. The average Bonchev–Trinajstić information content (AvgIpc) is 3.02. The van der Waals surface area contributed by atoms with Crippen molar-refractivity contribution >= 4 is 11.9 Å². The van der Waals surface area contributed by atoms with Crippen molar-refractivity contribution in [2.45, 2.75) is 51.4 Å². The lowest BCUT2D eigenvalue weighted by molar-refractivity contribution is -0.130. The molecule has 1 atom stereocenters. The van der Waals surface area contributed by atoms with E-state index in [9.17, 15) is 9.59 Å². The quantitative estimate of drug-likeness (QED) is 0.710. The fourth-order valence-corrected chi connectivity index (χ4v) is 2.89. The Morgan fingerprint density at radius 2 is 2.00 bits per heavy atom. The van der Waals surface area contributed by atoms with Crippen molar-refractivity contribution in [1.82, 2.24) is 15.5 Å². The van der Waals surface area contributed by atoms with Gasteiger partial charge in [0.05, 0.1) is 25.8 Å². The minimum Gasteiger partial charge on any atom is -0.349 e. The van der Waals surface area contributed by atoms with Crippen LogP contribution in [0.5, 0.6) is 0 Å². The maximum Gasteiger partial charge on any atom is 0.321 e. The van der Waals surface area contributed by atoms with Crippen LogP contribution in [0.15, 0.2) is 0 Å². The molecule has 2 N–H and O–H groups in total. The van der Waals surface area contributed by atoms with Crippen LogP contribution in [-0.2, 0) is 14.3 Å². The van der Waals surface area contributed by atoms with E-state index in [0.717, 1.165) is 38.6 Å². The Hall–Kier alpha value is -1.18. The molecule has 0 radical (unpaired) electrons. The zero-order valence-electron chi connectivity index (χ0n) is 13.3. The van der Waals surface area contributed by atoms with Crippen LogP contribution >= 0.6 is 0 Å². The van der Waals surface area contributed by atoms with Gasteiger partial charge < -0.3 is 14.8 Å². The lowest BCUT2D eigenvalue weighted by Crippen LogP contribution is -2.52. The topological polar surface area (TPSA) is 79.9 Å². The number of hydrogen-bond acceptors (Lipinski definition) is 5. The smallest absolute Gasteiger partial charge is 0.321 e. The fraction of sp³-hybridized carbons (Fsp3) is 0.867. The number of piperidine rings is 1. The summed E-state index contributed by atoms with van der Waals surface area (Å²) in [6.07, 6.45) is 4.80. The number of carbonyl (C=O) groups is 2. The van der Waals surface area contributed by atoms with E-state index in [1.165, 1.54) is 0 Å². The molecule has 2 fully saturated rings. The van der Waals surface area contributed by atoms with E-state index in [1.54, 1.807) is 0 Å². The van der Waals surface area contributed by atoms with Gasteiger partial charge in [0.15, 0.2) is 6.29 Å². The van der Waals surface area contributed by atoms with Gasteiger partial charge in [0, 0.05) is 6.54 Å². The van der Waals surface area contributed by atoms with Crippen molar-refractivity contribution in [2.75, 3.05) is 32.8 Å². The molecule has 7 nitrogen and oxygen atoms in total. The molecule has 2 aliphatic rings. The molecule has 126 valence electrons. The number of carbonyl (C=O) groups excluding carboxylic acids is 2. The maximum absolute atomic E-state index is 12.0. The molecule has 0 bridgehead atoms. The van der Waals surface area contributed by atoms with Gasteiger partial charge in [-0.1, -0.05) is 19.8 Å². The number of nitrogens with zero attached hydrogens (tertiary/aromatic N) is 1. The van der Waals surface area contributed by atoms with Crippen molar-refractivity contribution in [3.05, 3.63) is 0 Å². The summed E-state index contributed by atoms with van der Waals surface area (Å²) in [6.45, 7) is 4.90. The van der Waals surface area contributed by atoms with Gasteiger partial charge in [0.1, 0.15) is 0 Å². The Labute approximate surface area is 131 Å². The molecule has 0 spiro atoms. The van der Waals surface area contributed by atoms with E-state index < -0.39 is 6.03 Å². The Balaban J connectivity index is 1.76. The van der Waals surface area contributed by atoms with Gasteiger partial charge in [-0.05, 0) is 25.8 Å². The average molecular weight is 313 g/mol. The first-order chi connectivity index (χ1) is 10.7. The van der Waals surface area contributed by atoms with Gasteiger partial charge in [0.25, 0.3) is 0 Å². The Kier molecular flexibility index (Phi) is 7.08. The molecule has 0 aromatic heterocycles. The Morgan fingerprint density at radius 3 is 2.73 bits per heavy atom. The van der Waals surface area contributed by atoms with Crippen molar-refractivity contribution in [2.24, 2.45) is 0 Å². The number of nitrogens with one attached hydrogen (secondary N) is 2. The van der Waals surface area contributed by atoms with Gasteiger partial charge in [-0.15, -0.1) is 0 Å². The number of unbranched alkanes of at least 4 members (excludes halogenated alkanes) is 1. The number of likely N-dealkylation sites (tertiary alicyclic amines) is 1. The Bertz CT molecular complexity index is 372. The van der Waals surface area contributed by atoms with E-state index in [-0.39, 0.29) is 24.8 Å². The van der Waals surface area contributed by atoms with Gasteiger partial charge in [-0.2, -0.15) is 0 Å². The first-order valence-electron chi connectivity index (χ1n) is 8.25. The van der Waals surface area contributed by atoms with Crippen LogP contribution in [0.4, 0.5) is 4.79 Å². The van der Waals surface area contributed by atoms with Gasteiger partial charge >= 0.3 is 6.03 Å². The van der Waals surface area contributed by atoms with Crippen LogP contribution in [0.2, 0.25) is 0 Å². The zero-order chi connectivity index (χ0) is 15.8. The largest absolute Gasteiger partial charge is 0.349 e. The second kappa shape index (κ2) is 9.07. The first kappa shape index (κ1) is 17.2. The normalized spacial score (nSPS) is 23.4. The molecule has 2 rings (SSSR count). The third-order valence-corrected chi connectivity index (χ3v) is 4.04. The summed E-state index contributed by atoms with van der Waals surface area (Å²) in [4.78, 5) is 25.7. The molecule has 7 heteroatoms. The van der Waals surface area contributed by atoms with Crippen LogP contribution in [-0.4, -0.2) is 62.0 Å². The minimum atomic E-state index is -0.416. The summed E-state index contributed by atoms with van der Waals surface area (Å²) in [7, 11) is 0. The summed E-state index contributed by atoms with van der Waals surface area (Å²) in [5.41, 5.74) is 0. The lowest BCUT2D eigenvalue weighted by atomic mass is 10.0. The van der Waals surface area contributed by atoms with E-state index in [0.29, 0.717) is 19.8 Å². The highest BCUT2D eigenvalue weighted by atomic mass is 16.7. The monoisotopic (exact) mass is 313 g/mol. The highest BCUT2D eigenvalue weighted by molar-refractivity contribution is 5.95. The van der Waals surface area contributed by atoms with Gasteiger partial charge in [-0.3, -0.25) is 15.0 Å². The molecule has 0 aromatic rings. The van der Waals surface area contributed by atoms with Crippen molar-refractivity contribution < 1.29 is 19.1 Å². The molecule has 2 aliphatic heterocycles.